The molecule has 1 amide bonds. The monoisotopic (exact) mass is 464 g/mol. The maximum atomic E-state index is 12.5. The van der Waals surface area contributed by atoms with E-state index >= 15 is 0 Å². The normalized spacial score (nSPS) is 23.6. The van der Waals surface area contributed by atoms with Crippen LogP contribution in [0.25, 0.3) is 0 Å². The number of ether oxygens (including phenoxy) is 1. The van der Waals surface area contributed by atoms with Gasteiger partial charge in [-0.3, -0.25) is 4.79 Å². The summed E-state index contributed by atoms with van der Waals surface area (Å²) >= 11 is 7.21. The summed E-state index contributed by atoms with van der Waals surface area (Å²) in [6.45, 7) is 3.79. The highest BCUT2D eigenvalue weighted by Gasteiger charge is 2.49. The van der Waals surface area contributed by atoms with Crippen LogP contribution < -0.4 is 9.64 Å². The lowest BCUT2D eigenvalue weighted by Crippen LogP contribution is -2.38. The summed E-state index contributed by atoms with van der Waals surface area (Å²) in [4.78, 5) is 18.7. The fraction of sp³-hybridized carbons (Fsp3) is 0.333. The molecule has 9 heteroatoms. The van der Waals surface area contributed by atoms with Gasteiger partial charge in [-0.2, -0.15) is 4.99 Å². The number of carbonyl (C=O) groups excluding carboxylic acids is 1. The first-order valence-electron chi connectivity index (χ1n) is 9.46. The molecule has 2 aliphatic heterocycles. The molecule has 2 aromatic rings. The summed E-state index contributed by atoms with van der Waals surface area (Å²) in [6, 6.07) is 12.4. The van der Waals surface area contributed by atoms with Crippen LogP contribution in [0.1, 0.15) is 11.1 Å². The highest BCUT2D eigenvalue weighted by atomic mass is 35.5. The quantitative estimate of drug-likeness (QED) is 0.687. The van der Waals surface area contributed by atoms with E-state index in [4.69, 9.17) is 16.3 Å². The van der Waals surface area contributed by atoms with Crippen LogP contribution in [0.5, 0.6) is 5.75 Å². The number of fused-ring (bicyclic) bond motifs is 1. The minimum atomic E-state index is -3.11. The van der Waals surface area contributed by atoms with Crippen LogP contribution in [0.2, 0.25) is 5.02 Å². The molecular formula is C21H21ClN2O4S2. The fourth-order valence-corrected chi connectivity index (χ4v) is 7.71. The van der Waals surface area contributed by atoms with Gasteiger partial charge in [-0.25, -0.2) is 8.42 Å². The van der Waals surface area contributed by atoms with Crippen LogP contribution in [0.3, 0.4) is 0 Å². The van der Waals surface area contributed by atoms with Gasteiger partial charge in [0.25, 0.3) is 5.91 Å². The number of hydrogen-bond acceptors (Lipinski definition) is 5. The molecule has 2 atom stereocenters. The van der Waals surface area contributed by atoms with Crippen molar-refractivity contribution in [2.45, 2.75) is 25.1 Å². The molecule has 158 valence electrons. The van der Waals surface area contributed by atoms with Gasteiger partial charge in [-0.05, 0) is 55.3 Å². The molecule has 6 nitrogen and oxygen atoms in total. The molecule has 2 heterocycles. The van der Waals surface area contributed by atoms with Gasteiger partial charge < -0.3 is 9.64 Å². The zero-order valence-electron chi connectivity index (χ0n) is 16.5. The minimum absolute atomic E-state index is 0.0620. The maximum Gasteiger partial charge on any atom is 0.285 e. The van der Waals surface area contributed by atoms with Crippen molar-refractivity contribution in [1.29, 1.82) is 0 Å². The van der Waals surface area contributed by atoms with Crippen LogP contribution in [0, 0.1) is 13.8 Å². The maximum absolute atomic E-state index is 12.5. The molecule has 0 spiro atoms. The molecular weight excluding hydrogens is 444 g/mol. The van der Waals surface area contributed by atoms with E-state index in [0.29, 0.717) is 15.9 Å². The van der Waals surface area contributed by atoms with Gasteiger partial charge in [0.15, 0.2) is 21.6 Å². The average molecular weight is 465 g/mol. The van der Waals surface area contributed by atoms with Crippen LogP contribution in [-0.4, -0.2) is 48.9 Å². The second kappa shape index (κ2) is 8.24. The Morgan fingerprint density at radius 2 is 1.93 bits per heavy atom. The first-order chi connectivity index (χ1) is 14.2. The Kier molecular flexibility index (Phi) is 5.83. The number of aryl methyl sites for hydroxylation is 1. The van der Waals surface area contributed by atoms with E-state index in [-0.39, 0.29) is 29.4 Å². The lowest BCUT2D eigenvalue weighted by atomic mass is 10.1. The first kappa shape index (κ1) is 21.2. The molecule has 0 unspecified atom stereocenters. The molecule has 0 N–H and O–H groups in total. The van der Waals surface area contributed by atoms with Gasteiger partial charge in [0.05, 0.1) is 17.5 Å². The van der Waals surface area contributed by atoms with Crippen molar-refractivity contribution in [3.8, 4) is 5.75 Å². The molecule has 2 aromatic carbocycles. The van der Waals surface area contributed by atoms with E-state index in [9.17, 15) is 13.2 Å². The minimum Gasteiger partial charge on any atom is -0.484 e. The number of hydrogen-bond donors (Lipinski definition) is 0. The van der Waals surface area contributed by atoms with Crippen molar-refractivity contribution in [3.05, 3.63) is 58.6 Å². The van der Waals surface area contributed by atoms with Gasteiger partial charge in [0.2, 0.25) is 0 Å². The highest BCUT2D eigenvalue weighted by molar-refractivity contribution is 8.16. The largest absolute Gasteiger partial charge is 0.484 e. The summed E-state index contributed by atoms with van der Waals surface area (Å²) in [5.41, 5.74) is 3.02. The van der Waals surface area contributed by atoms with E-state index in [1.807, 2.05) is 36.9 Å². The van der Waals surface area contributed by atoms with Crippen molar-refractivity contribution >= 4 is 50.0 Å². The van der Waals surface area contributed by atoms with Gasteiger partial charge in [-0.15, -0.1) is 0 Å². The number of amidine groups is 1. The van der Waals surface area contributed by atoms with Crippen molar-refractivity contribution in [1.82, 2.24) is 0 Å². The summed E-state index contributed by atoms with van der Waals surface area (Å²) in [5.74, 6) is 0.261. The number of anilines is 1. The Bertz CT molecular complexity index is 1120. The van der Waals surface area contributed by atoms with E-state index in [2.05, 4.69) is 4.99 Å². The molecule has 0 bridgehead atoms. The number of thioether (sulfide) groups is 1. The molecule has 0 radical (unpaired) electrons. The summed E-state index contributed by atoms with van der Waals surface area (Å²) in [5, 5.41) is 0.971. The predicted octanol–water partition coefficient (Wildman–Crippen LogP) is 3.64. The van der Waals surface area contributed by atoms with Crippen molar-refractivity contribution < 1.29 is 17.9 Å². The van der Waals surface area contributed by atoms with Crippen molar-refractivity contribution in [3.63, 3.8) is 0 Å². The average Bonchev–Trinajstić information content (AvgIpc) is 3.14. The second-order valence-corrected chi connectivity index (χ2v) is 11.2. The van der Waals surface area contributed by atoms with Gasteiger partial charge in [-0.1, -0.05) is 35.5 Å². The lowest BCUT2D eigenvalue weighted by molar-refractivity contribution is -0.119. The Morgan fingerprint density at radius 3 is 2.67 bits per heavy atom. The van der Waals surface area contributed by atoms with Crippen molar-refractivity contribution in [2.75, 3.05) is 23.0 Å². The van der Waals surface area contributed by atoms with Gasteiger partial charge in [0.1, 0.15) is 5.75 Å². The van der Waals surface area contributed by atoms with Crippen LogP contribution in [0.15, 0.2) is 47.5 Å². The number of nitrogens with zero attached hydrogens (tertiary/aromatic N) is 2. The zero-order valence-corrected chi connectivity index (χ0v) is 18.9. The molecule has 4 rings (SSSR count). The summed E-state index contributed by atoms with van der Waals surface area (Å²) < 4.78 is 29.9. The first-order valence-corrected chi connectivity index (χ1v) is 12.5. The SMILES string of the molecule is Cc1cccc(N2C(=NC(=O)COc3ccc(Cl)cc3)S[C@@H]3CS(=O)(=O)C[C@@H]32)c1C. The number of halogens is 1. The third kappa shape index (κ3) is 4.36. The smallest absolute Gasteiger partial charge is 0.285 e. The van der Waals surface area contributed by atoms with E-state index in [1.165, 1.54) is 11.8 Å². The molecule has 2 fully saturated rings. The molecule has 2 saturated heterocycles. The standard InChI is InChI=1S/C21H21ClN2O4S2/c1-13-4-3-5-17(14(13)2)24-18-11-30(26,27)12-19(18)29-21(24)23-20(25)10-28-16-8-6-15(22)7-9-16/h3-9,18-19H,10-12H2,1-2H3/t18-,19+/m0/s1. The Hall–Kier alpha value is -2.03. The number of benzene rings is 2. The van der Waals surface area contributed by atoms with Gasteiger partial charge in [0, 0.05) is 16.0 Å². The van der Waals surface area contributed by atoms with Gasteiger partial charge >= 0.3 is 0 Å². The third-order valence-electron chi connectivity index (χ3n) is 5.30. The number of amides is 1. The number of sulfone groups is 1. The molecule has 30 heavy (non-hydrogen) atoms. The highest BCUT2D eigenvalue weighted by Crippen LogP contribution is 2.42. The van der Waals surface area contributed by atoms with E-state index in [1.54, 1.807) is 24.3 Å². The Balaban J connectivity index is 1.59. The molecule has 0 aromatic heterocycles. The van der Waals surface area contributed by atoms with E-state index < -0.39 is 15.7 Å². The number of carbonyl (C=O) groups is 1. The second-order valence-electron chi connectivity index (χ2n) is 7.42. The molecule has 0 aliphatic carbocycles. The third-order valence-corrected chi connectivity index (χ3v) is 8.76. The van der Waals surface area contributed by atoms with Crippen LogP contribution in [0.4, 0.5) is 5.69 Å². The van der Waals surface area contributed by atoms with Crippen LogP contribution >= 0.6 is 23.4 Å². The Morgan fingerprint density at radius 1 is 1.20 bits per heavy atom. The summed E-state index contributed by atoms with van der Waals surface area (Å²) in [6.07, 6.45) is 0. The molecule has 0 saturated carbocycles. The molecule has 2 aliphatic rings. The van der Waals surface area contributed by atoms with Crippen LogP contribution in [-0.2, 0) is 14.6 Å². The Labute approximate surface area is 185 Å². The number of rotatable bonds is 4. The predicted molar refractivity (Wildman–Crippen MR) is 122 cm³/mol. The van der Waals surface area contributed by atoms with E-state index in [0.717, 1.165) is 16.8 Å². The fourth-order valence-electron chi connectivity index (χ4n) is 3.66. The topological polar surface area (TPSA) is 76.0 Å². The summed E-state index contributed by atoms with van der Waals surface area (Å²) in [7, 11) is -3.11. The lowest BCUT2D eigenvalue weighted by Gasteiger charge is -2.26. The number of aliphatic imine (C=N–C) groups is 1. The zero-order chi connectivity index (χ0) is 21.5. The van der Waals surface area contributed by atoms with Crippen molar-refractivity contribution in [2.24, 2.45) is 4.99 Å².